The largest absolute Gasteiger partial charge is 0.262 e. The lowest BCUT2D eigenvalue weighted by atomic mass is 10.1. The summed E-state index contributed by atoms with van der Waals surface area (Å²) in [6.45, 7) is 10.7. The van der Waals surface area contributed by atoms with Crippen LogP contribution in [0.2, 0.25) is 0 Å². The quantitative estimate of drug-likeness (QED) is 0.456. The summed E-state index contributed by atoms with van der Waals surface area (Å²) in [5.74, 6) is 0.626. The summed E-state index contributed by atoms with van der Waals surface area (Å²) in [5, 5.41) is 0. The zero-order valence-corrected chi connectivity index (χ0v) is 9.10. The van der Waals surface area contributed by atoms with Gasteiger partial charge in [0.2, 0.25) is 0 Å². The van der Waals surface area contributed by atoms with Gasteiger partial charge in [0.25, 0.3) is 0 Å². The fourth-order valence-corrected chi connectivity index (χ4v) is 1.71. The van der Waals surface area contributed by atoms with Crippen molar-refractivity contribution in [2.24, 2.45) is 10.9 Å². The Morgan fingerprint density at radius 2 is 2.00 bits per heavy atom. The minimum atomic E-state index is 0.626. The Kier molecular flexibility index (Phi) is 5.41. The van der Waals surface area contributed by atoms with Crippen LogP contribution in [-0.2, 0) is 0 Å². The Balaban J connectivity index is 4.53. The fourth-order valence-electron chi connectivity index (χ4n) is 0.766. The molecule has 0 rings (SSSR count). The van der Waals surface area contributed by atoms with Gasteiger partial charge in [0, 0.05) is 6.21 Å². The minimum absolute atomic E-state index is 0.626. The van der Waals surface area contributed by atoms with Crippen LogP contribution in [0.3, 0.4) is 0 Å². The van der Waals surface area contributed by atoms with Gasteiger partial charge in [-0.05, 0) is 32.0 Å². The molecular weight excluding hydrogens is 153 g/mol. The first-order valence-electron chi connectivity index (χ1n) is 4.00. The average molecular weight is 171 g/mol. The highest BCUT2D eigenvalue weighted by molar-refractivity contribution is 7.42. The van der Waals surface area contributed by atoms with E-state index in [0.29, 0.717) is 5.92 Å². The summed E-state index contributed by atoms with van der Waals surface area (Å²) >= 11 is 0. The van der Waals surface area contributed by atoms with E-state index in [2.05, 4.69) is 32.4 Å². The Labute approximate surface area is 71.8 Å². The molecule has 0 aromatic rings. The lowest BCUT2D eigenvalue weighted by Gasteiger charge is -2.08. The Morgan fingerprint density at radius 1 is 1.45 bits per heavy atom. The molecular formula is C9H18NP. The van der Waals surface area contributed by atoms with Crippen LogP contribution in [0.5, 0.6) is 0 Å². The van der Waals surface area contributed by atoms with Crippen molar-refractivity contribution in [1.29, 1.82) is 0 Å². The van der Waals surface area contributed by atoms with Gasteiger partial charge in [0.05, 0.1) is 5.44 Å². The first-order valence-corrected chi connectivity index (χ1v) is 5.50. The van der Waals surface area contributed by atoms with Crippen LogP contribution in [0.1, 0.15) is 27.7 Å². The molecule has 0 saturated heterocycles. The number of rotatable bonds is 3. The number of aliphatic imine (C=N–C) groups is 1. The third-order valence-electron chi connectivity index (χ3n) is 1.73. The van der Waals surface area contributed by atoms with Crippen LogP contribution in [0.15, 0.2) is 16.0 Å². The minimum Gasteiger partial charge on any atom is -0.262 e. The summed E-state index contributed by atoms with van der Waals surface area (Å²) in [7, 11) is 0.811. The average Bonchev–Trinajstić information content (AvgIpc) is 1.98. The monoisotopic (exact) mass is 171 g/mol. The van der Waals surface area contributed by atoms with Crippen LogP contribution in [0, 0.1) is 5.92 Å². The number of nitrogens with zero attached hydrogens (tertiary/aromatic N) is 1. The molecule has 11 heavy (non-hydrogen) atoms. The molecule has 1 unspecified atom stereocenters. The molecule has 0 fully saturated rings. The first kappa shape index (κ1) is 10.8. The van der Waals surface area contributed by atoms with Gasteiger partial charge in [0.1, 0.15) is 0 Å². The van der Waals surface area contributed by atoms with Crippen molar-refractivity contribution in [2.45, 2.75) is 27.7 Å². The highest BCUT2D eigenvalue weighted by Gasteiger charge is 2.01. The standard InChI is InChI=1S/C9H18NP/c1-6-10-9(11-5)8(4)7(2)3/h6-7,11H,1-5H3/b9-8-,10-6?. The van der Waals surface area contributed by atoms with Crippen molar-refractivity contribution in [3.63, 3.8) is 0 Å². The lowest BCUT2D eigenvalue weighted by Crippen LogP contribution is -1.91. The van der Waals surface area contributed by atoms with Crippen molar-refractivity contribution in [2.75, 3.05) is 6.66 Å². The van der Waals surface area contributed by atoms with E-state index < -0.39 is 0 Å². The zero-order valence-electron chi connectivity index (χ0n) is 8.10. The molecule has 0 amide bonds. The summed E-state index contributed by atoms with van der Waals surface area (Å²) in [4.78, 5) is 4.33. The Bertz CT molecular complexity index is 168. The topological polar surface area (TPSA) is 12.4 Å². The van der Waals surface area contributed by atoms with Crippen LogP contribution in [0.4, 0.5) is 0 Å². The number of allylic oxidation sites excluding steroid dienone is 1. The maximum absolute atomic E-state index is 4.33. The smallest absolute Gasteiger partial charge is 0.0585 e. The van der Waals surface area contributed by atoms with E-state index in [0.717, 1.165) is 8.58 Å². The second-order valence-electron chi connectivity index (χ2n) is 2.82. The van der Waals surface area contributed by atoms with Crippen LogP contribution in [-0.4, -0.2) is 12.9 Å². The normalized spacial score (nSPS) is 15.5. The molecule has 0 N–H and O–H groups in total. The van der Waals surface area contributed by atoms with Gasteiger partial charge >= 0.3 is 0 Å². The predicted molar refractivity (Wildman–Crippen MR) is 55.9 cm³/mol. The maximum atomic E-state index is 4.33. The van der Waals surface area contributed by atoms with E-state index in [1.165, 1.54) is 11.0 Å². The van der Waals surface area contributed by atoms with Crippen molar-refractivity contribution in [3.8, 4) is 0 Å². The van der Waals surface area contributed by atoms with Gasteiger partial charge in [-0.25, -0.2) is 0 Å². The predicted octanol–water partition coefficient (Wildman–Crippen LogP) is 3.27. The van der Waals surface area contributed by atoms with E-state index in [9.17, 15) is 0 Å². The molecule has 0 heterocycles. The summed E-state index contributed by atoms with van der Waals surface area (Å²) in [5.41, 5.74) is 2.69. The maximum Gasteiger partial charge on any atom is 0.0585 e. The summed E-state index contributed by atoms with van der Waals surface area (Å²) in [6, 6.07) is 0. The molecule has 64 valence electrons. The van der Waals surface area contributed by atoms with E-state index in [-0.39, 0.29) is 0 Å². The van der Waals surface area contributed by atoms with Crippen molar-refractivity contribution in [1.82, 2.24) is 0 Å². The molecule has 0 aliphatic rings. The van der Waals surface area contributed by atoms with Gasteiger partial charge < -0.3 is 0 Å². The van der Waals surface area contributed by atoms with E-state index >= 15 is 0 Å². The van der Waals surface area contributed by atoms with E-state index in [1.54, 1.807) is 0 Å². The summed E-state index contributed by atoms with van der Waals surface area (Å²) < 4.78 is 0. The molecule has 0 aromatic heterocycles. The molecule has 0 spiro atoms. The van der Waals surface area contributed by atoms with Crippen molar-refractivity contribution < 1.29 is 0 Å². The van der Waals surface area contributed by atoms with Gasteiger partial charge in [-0.3, -0.25) is 4.99 Å². The van der Waals surface area contributed by atoms with E-state index in [4.69, 9.17) is 0 Å². The van der Waals surface area contributed by atoms with Gasteiger partial charge in [-0.15, -0.1) is 0 Å². The Morgan fingerprint density at radius 3 is 2.27 bits per heavy atom. The molecule has 0 radical (unpaired) electrons. The molecule has 0 aromatic carbocycles. The van der Waals surface area contributed by atoms with Crippen molar-refractivity contribution >= 4 is 14.8 Å². The SMILES string of the molecule is CC=N/C(PC)=C(\C)C(C)C. The molecule has 0 aliphatic carbocycles. The number of hydrogen-bond donors (Lipinski definition) is 0. The van der Waals surface area contributed by atoms with Crippen molar-refractivity contribution in [3.05, 3.63) is 11.0 Å². The van der Waals surface area contributed by atoms with Gasteiger partial charge in [0.15, 0.2) is 0 Å². The summed E-state index contributed by atoms with van der Waals surface area (Å²) in [6.07, 6.45) is 1.87. The molecule has 0 aliphatic heterocycles. The second-order valence-corrected chi connectivity index (χ2v) is 3.80. The molecule has 1 atom stereocenters. The van der Waals surface area contributed by atoms with Crippen LogP contribution < -0.4 is 0 Å². The van der Waals surface area contributed by atoms with Gasteiger partial charge in [-0.2, -0.15) is 0 Å². The molecule has 0 bridgehead atoms. The molecule has 2 heteroatoms. The lowest BCUT2D eigenvalue weighted by molar-refractivity contribution is 0.763. The zero-order chi connectivity index (χ0) is 8.85. The second kappa shape index (κ2) is 5.49. The Hall–Kier alpha value is -0.160. The van der Waals surface area contributed by atoms with Crippen LogP contribution in [0.25, 0.3) is 0 Å². The fraction of sp³-hybridized carbons (Fsp3) is 0.667. The number of hydrogen-bond acceptors (Lipinski definition) is 1. The highest BCUT2D eigenvalue weighted by Crippen LogP contribution is 2.27. The van der Waals surface area contributed by atoms with E-state index in [1.807, 2.05) is 13.1 Å². The third-order valence-corrected chi connectivity index (χ3v) is 2.73. The van der Waals surface area contributed by atoms with Gasteiger partial charge in [-0.1, -0.05) is 22.4 Å². The molecule has 1 nitrogen and oxygen atoms in total. The first-order chi connectivity index (χ1) is 5.13. The van der Waals surface area contributed by atoms with Crippen LogP contribution >= 0.6 is 8.58 Å². The third kappa shape index (κ3) is 3.67. The highest BCUT2D eigenvalue weighted by atomic mass is 31.1. The molecule has 0 saturated carbocycles.